The zero-order valence-electron chi connectivity index (χ0n) is 8.85. The van der Waals surface area contributed by atoms with Gasteiger partial charge < -0.3 is 9.47 Å². The Bertz CT molecular complexity index is 413. The van der Waals surface area contributed by atoms with Gasteiger partial charge in [0.2, 0.25) is 0 Å². The summed E-state index contributed by atoms with van der Waals surface area (Å²) in [6, 6.07) is 3.93. The fourth-order valence-electron chi connectivity index (χ4n) is 3.14. The molecule has 0 aromatic carbocycles. The fourth-order valence-corrected chi connectivity index (χ4v) is 3.14. The number of fused-ring (bicyclic) bond motifs is 5. The van der Waals surface area contributed by atoms with E-state index >= 15 is 0 Å². The molecule has 16 heavy (non-hydrogen) atoms. The van der Waals surface area contributed by atoms with Crippen LogP contribution in [0.2, 0.25) is 0 Å². The van der Waals surface area contributed by atoms with Gasteiger partial charge in [-0.2, -0.15) is 10.5 Å². The van der Waals surface area contributed by atoms with Gasteiger partial charge in [-0.05, 0) is 24.8 Å². The number of allylic oxidation sites excluding steroid dienone is 1. The molecule has 3 rings (SSSR count). The second kappa shape index (κ2) is 3.59. The average molecular weight is 216 g/mol. The van der Waals surface area contributed by atoms with E-state index in [4.69, 9.17) is 20.0 Å². The standard InChI is InChI=1S/C12H12N2O2/c13-5-7(6-14)8-1-2-10-9-3-4-15-11(9)12(8)16-10/h9-12H,1-4H2/t9-,10+,11-,12-/m0/s1. The highest BCUT2D eigenvalue weighted by molar-refractivity contribution is 5.43. The number of nitrogens with zero attached hydrogens (tertiary/aromatic N) is 2. The van der Waals surface area contributed by atoms with E-state index in [1.165, 1.54) is 0 Å². The van der Waals surface area contributed by atoms with Crippen molar-refractivity contribution < 1.29 is 9.47 Å². The molecule has 3 fully saturated rings. The first kappa shape index (κ1) is 9.84. The highest BCUT2D eigenvalue weighted by Crippen LogP contribution is 2.46. The first-order valence-electron chi connectivity index (χ1n) is 5.65. The molecule has 0 saturated carbocycles. The van der Waals surface area contributed by atoms with E-state index < -0.39 is 0 Å². The Hall–Kier alpha value is -1.36. The van der Waals surface area contributed by atoms with Gasteiger partial charge in [0.1, 0.15) is 23.8 Å². The van der Waals surface area contributed by atoms with Crippen LogP contribution in [0.5, 0.6) is 0 Å². The van der Waals surface area contributed by atoms with Crippen LogP contribution in [0.15, 0.2) is 11.1 Å². The zero-order valence-corrected chi connectivity index (χ0v) is 8.85. The summed E-state index contributed by atoms with van der Waals surface area (Å²) in [4.78, 5) is 0. The number of hydrogen-bond donors (Lipinski definition) is 0. The lowest BCUT2D eigenvalue weighted by Gasteiger charge is -2.25. The van der Waals surface area contributed by atoms with Crippen LogP contribution in [0.3, 0.4) is 0 Å². The van der Waals surface area contributed by atoms with Gasteiger partial charge >= 0.3 is 0 Å². The minimum atomic E-state index is -0.138. The van der Waals surface area contributed by atoms with Crippen LogP contribution in [0.25, 0.3) is 0 Å². The first-order chi connectivity index (χ1) is 7.85. The zero-order chi connectivity index (χ0) is 11.1. The van der Waals surface area contributed by atoms with Crippen LogP contribution in [0, 0.1) is 28.6 Å². The third-order valence-corrected chi connectivity index (χ3v) is 3.87. The first-order valence-corrected chi connectivity index (χ1v) is 5.65. The van der Waals surface area contributed by atoms with Gasteiger partial charge in [0.25, 0.3) is 0 Å². The molecule has 3 aliphatic rings. The molecule has 0 spiro atoms. The molecule has 4 nitrogen and oxygen atoms in total. The van der Waals surface area contributed by atoms with Gasteiger partial charge in [-0.15, -0.1) is 0 Å². The number of ether oxygens (including phenoxy) is 2. The summed E-state index contributed by atoms with van der Waals surface area (Å²) < 4.78 is 11.6. The highest BCUT2D eigenvalue weighted by atomic mass is 16.6. The third kappa shape index (κ3) is 1.21. The smallest absolute Gasteiger partial charge is 0.131 e. The average Bonchev–Trinajstić information content (AvgIpc) is 2.87. The van der Waals surface area contributed by atoms with Gasteiger partial charge in [0, 0.05) is 12.5 Å². The number of hydrogen-bond acceptors (Lipinski definition) is 4. The quantitative estimate of drug-likeness (QED) is 0.572. The van der Waals surface area contributed by atoms with Crippen molar-refractivity contribution in [3.63, 3.8) is 0 Å². The maximum absolute atomic E-state index is 8.92. The molecule has 4 heteroatoms. The summed E-state index contributed by atoms with van der Waals surface area (Å²) in [7, 11) is 0. The molecule has 0 radical (unpaired) electrons. The van der Waals surface area contributed by atoms with Crippen molar-refractivity contribution in [1.29, 1.82) is 10.5 Å². The molecule has 3 saturated heterocycles. The molecular formula is C12H12N2O2. The fraction of sp³-hybridized carbons (Fsp3) is 0.667. The molecule has 4 atom stereocenters. The Morgan fingerprint density at radius 1 is 1.25 bits per heavy atom. The third-order valence-electron chi connectivity index (χ3n) is 3.87. The van der Waals surface area contributed by atoms with Crippen molar-refractivity contribution in [2.45, 2.75) is 37.6 Å². The molecule has 2 bridgehead atoms. The van der Waals surface area contributed by atoms with E-state index in [9.17, 15) is 0 Å². The molecule has 0 aromatic heterocycles. The van der Waals surface area contributed by atoms with E-state index in [2.05, 4.69) is 0 Å². The SMILES string of the molecule is N#CC(C#N)=C1CC[C@H]2O[C@@H]1[C@H]1OCC[C@H]12. The van der Waals surface area contributed by atoms with Crippen LogP contribution in [0.4, 0.5) is 0 Å². The normalized spacial score (nSPS) is 40.0. The molecule has 0 aromatic rings. The highest BCUT2D eigenvalue weighted by Gasteiger charge is 2.52. The van der Waals surface area contributed by atoms with Crippen molar-refractivity contribution in [2.24, 2.45) is 5.92 Å². The number of nitriles is 2. The molecule has 0 unspecified atom stereocenters. The van der Waals surface area contributed by atoms with E-state index in [-0.39, 0.29) is 23.9 Å². The Balaban J connectivity index is 1.99. The summed E-state index contributed by atoms with van der Waals surface area (Å²) >= 11 is 0. The van der Waals surface area contributed by atoms with Crippen molar-refractivity contribution in [3.05, 3.63) is 11.1 Å². The second-order valence-electron chi connectivity index (χ2n) is 4.55. The van der Waals surface area contributed by atoms with E-state index in [1.807, 2.05) is 12.1 Å². The topological polar surface area (TPSA) is 66.0 Å². The maximum atomic E-state index is 8.92. The van der Waals surface area contributed by atoms with Gasteiger partial charge in [-0.1, -0.05) is 0 Å². The van der Waals surface area contributed by atoms with Crippen LogP contribution in [0.1, 0.15) is 19.3 Å². The predicted octanol–water partition coefficient (Wildman–Crippen LogP) is 1.30. The lowest BCUT2D eigenvalue weighted by Crippen LogP contribution is -2.28. The summed E-state index contributed by atoms with van der Waals surface area (Å²) in [5.74, 6) is 0.473. The van der Waals surface area contributed by atoms with Crippen LogP contribution < -0.4 is 0 Å². The molecular weight excluding hydrogens is 204 g/mol. The largest absolute Gasteiger partial charge is 0.375 e. The Labute approximate surface area is 94.1 Å². The lowest BCUT2D eigenvalue weighted by atomic mass is 9.95. The predicted molar refractivity (Wildman–Crippen MR) is 54.0 cm³/mol. The number of rotatable bonds is 0. The van der Waals surface area contributed by atoms with Crippen LogP contribution in [-0.4, -0.2) is 24.9 Å². The van der Waals surface area contributed by atoms with E-state index in [0.717, 1.165) is 31.4 Å². The Morgan fingerprint density at radius 3 is 2.81 bits per heavy atom. The Morgan fingerprint density at radius 2 is 2.06 bits per heavy atom. The van der Waals surface area contributed by atoms with Crippen molar-refractivity contribution in [1.82, 2.24) is 0 Å². The molecule has 3 heterocycles. The van der Waals surface area contributed by atoms with Crippen molar-refractivity contribution in [2.75, 3.05) is 6.61 Å². The molecule has 82 valence electrons. The second-order valence-corrected chi connectivity index (χ2v) is 4.55. The van der Waals surface area contributed by atoms with E-state index in [0.29, 0.717) is 5.92 Å². The summed E-state index contributed by atoms with van der Waals surface area (Å²) in [6.45, 7) is 0.785. The monoisotopic (exact) mass is 216 g/mol. The molecule has 0 amide bonds. The van der Waals surface area contributed by atoms with Gasteiger partial charge in [0.05, 0.1) is 12.2 Å². The van der Waals surface area contributed by atoms with Crippen LogP contribution >= 0.6 is 0 Å². The summed E-state index contributed by atoms with van der Waals surface area (Å²) in [6.07, 6.45) is 3.00. The minimum Gasteiger partial charge on any atom is -0.375 e. The Kier molecular flexibility index (Phi) is 2.21. The minimum absolute atomic E-state index is 0.0826. The van der Waals surface area contributed by atoms with Crippen molar-refractivity contribution in [3.8, 4) is 12.1 Å². The van der Waals surface area contributed by atoms with Gasteiger partial charge in [-0.25, -0.2) is 0 Å². The molecule has 0 N–H and O–H groups in total. The maximum Gasteiger partial charge on any atom is 0.131 e. The summed E-state index contributed by atoms with van der Waals surface area (Å²) in [5, 5.41) is 17.8. The van der Waals surface area contributed by atoms with Gasteiger partial charge in [0.15, 0.2) is 0 Å². The van der Waals surface area contributed by atoms with Crippen LogP contribution in [-0.2, 0) is 9.47 Å². The molecule has 0 aliphatic carbocycles. The van der Waals surface area contributed by atoms with E-state index in [1.54, 1.807) is 0 Å². The molecule has 3 aliphatic heterocycles. The lowest BCUT2D eigenvalue weighted by molar-refractivity contribution is -0.0168. The van der Waals surface area contributed by atoms with Crippen molar-refractivity contribution >= 4 is 0 Å². The summed E-state index contributed by atoms with van der Waals surface area (Å²) in [5.41, 5.74) is 1.08. The van der Waals surface area contributed by atoms with Gasteiger partial charge in [-0.3, -0.25) is 0 Å².